The van der Waals surface area contributed by atoms with Crippen LogP contribution in [0.2, 0.25) is 5.02 Å². The first-order valence-electron chi connectivity index (χ1n) is 7.32. The lowest BCUT2D eigenvalue weighted by Gasteiger charge is -2.28. The maximum atomic E-state index is 12.3. The van der Waals surface area contributed by atoms with Crippen LogP contribution in [0.25, 0.3) is 0 Å². The molecule has 2 aliphatic carbocycles. The number of nitrogens with one attached hydrogen (secondary N) is 1. The summed E-state index contributed by atoms with van der Waals surface area (Å²) < 4.78 is 0. The van der Waals surface area contributed by atoms with E-state index in [-0.39, 0.29) is 24.0 Å². The van der Waals surface area contributed by atoms with E-state index >= 15 is 0 Å². The van der Waals surface area contributed by atoms with Crippen molar-refractivity contribution in [3.05, 3.63) is 34.9 Å². The monoisotopic (exact) mass is 293 g/mol. The summed E-state index contributed by atoms with van der Waals surface area (Å²) in [5.41, 5.74) is 0.823. The predicted molar refractivity (Wildman–Crippen MR) is 78.7 cm³/mol. The minimum Gasteiger partial charge on any atom is -0.394 e. The van der Waals surface area contributed by atoms with Crippen LogP contribution < -0.4 is 5.32 Å². The lowest BCUT2D eigenvalue weighted by Crippen LogP contribution is -2.49. The van der Waals surface area contributed by atoms with Gasteiger partial charge in [-0.05, 0) is 42.9 Å². The summed E-state index contributed by atoms with van der Waals surface area (Å²) in [7, 11) is 0. The van der Waals surface area contributed by atoms with E-state index in [4.69, 9.17) is 11.6 Å². The number of amides is 1. The van der Waals surface area contributed by atoms with Gasteiger partial charge in [0.1, 0.15) is 0 Å². The molecule has 108 valence electrons. The van der Waals surface area contributed by atoms with E-state index in [0.717, 1.165) is 37.1 Å². The number of hydrogen-bond donors (Lipinski definition) is 2. The van der Waals surface area contributed by atoms with Crippen LogP contribution in [0.15, 0.2) is 24.3 Å². The second kappa shape index (κ2) is 5.38. The molecular formula is C16H20ClNO2. The van der Waals surface area contributed by atoms with Crippen molar-refractivity contribution in [1.29, 1.82) is 0 Å². The van der Waals surface area contributed by atoms with Gasteiger partial charge in [0.05, 0.1) is 12.1 Å². The fourth-order valence-electron chi connectivity index (χ4n) is 3.29. The first kappa shape index (κ1) is 13.9. The third-order valence-corrected chi connectivity index (χ3v) is 4.93. The van der Waals surface area contributed by atoms with Crippen molar-refractivity contribution in [2.45, 2.75) is 43.6 Å². The van der Waals surface area contributed by atoms with Gasteiger partial charge in [-0.2, -0.15) is 0 Å². The molecule has 4 heteroatoms. The second-order valence-electron chi connectivity index (χ2n) is 6.14. The van der Waals surface area contributed by atoms with Crippen molar-refractivity contribution in [2.24, 2.45) is 5.92 Å². The lowest BCUT2D eigenvalue weighted by atomic mass is 9.98. The molecule has 2 fully saturated rings. The molecule has 2 atom stereocenters. The van der Waals surface area contributed by atoms with Crippen molar-refractivity contribution >= 4 is 17.5 Å². The Morgan fingerprint density at radius 1 is 1.30 bits per heavy atom. The van der Waals surface area contributed by atoms with Gasteiger partial charge in [-0.15, -0.1) is 0 Å². The van der Waals surface area contributed by atoms with Crippen LogP contribution in [-0.2, 0) is 4.79 Å². The number of rotatable bonds is 4. The van der Waals surface area contributed by atoms with E-state index in [1.807, 2.05) is 24.3 Å². The van der Waals surface area contributed by atoms with Crippen molar-refractivity contribution in [3.8, 4) is 0 Å². The molecule has 0 aromatic heterocycles. The average Bonchev–Trinajstić information content (AvgIpc) is 3.13. The Bertz CT molecular complexity index is 494. The van der Waals surface area contributed by atoms with Gasteiger partial charge in [-0.25, -0.2) is 0 Å². The molecule has 2 N–H and O–H groups in total. The molecule has 2 aliphatic rings. The maximum absolute atomic E-state index is 12.3. The van der Waals surface area contributed by atoms with Gasteiger partial charge in [0.15, 0.2) is 0 Å². The van der Waals surface area contributed by atoms with Crippen LogP contribution in [0.4, 0.5) is 0 Å². The molecule has 1 amide bonds. The third-order valence-electron chi connectivity index (χ3n) is 4.68. The van der Waals surface area contributed by atoms with E-state index in [2.05, 4.69) is 5.32 Å². The van der Waals surface area contributed by atoms with Gasteiger partial charge in [0.25, 0.3) is 0 Å². The number of carbonyl (C=O) groups excluding carboxylic acids is 1. The SMILES string of the molecule is O=C(NC1(CO)CCCC1)[C@@H]1C[C@H]1c1ccc(Cl)cc1. The molecular weight excluding hydrogens is 274 g/mol. The molecule has 2 saturated carbocycles. The second-order valence-corrected chi connectivity index (χ2v) is 6.57. The largest absolute Gasteiger partial charge is 0.394 e. The third kappa shape index (κ3) is 2.70. The molecule has 20 heavy (non-hydrogen) atoms. The standard InChI is InChI=1S/C16H20ClNO2/c17-12-5-3-11(4-6-12)13-9-14(13)15(20)18-16(10-19)7-1-2-8-16/h3-6,13-14,19H,1-2,7-10H2,(H,18,20)/t13-,14+/m0/s1. The van der Waals surface area contributed by atoms with E-state index in [0.29, 0.717) is 5.92 Å². The molecule has 0 bridgehead atoms. The fourth-order valence-corrected chi connectivity index (χ4v) is 3.42. The molecule has 3 nitrogen and oxygen atoms in total. The van der Waals surface area contributed by atoms with E-state index in [1.165, 1.54) is 5.56 Å². The fraction of sp³-hybridized carbons (Fsp3) is 0.562. The summed E-state index contributed by atoms with van der Waals surface area (Å²) in [5, 5.41) is 13.4. The van der Waals surface area contributed by atoms with Crippen LogP contribution in [0, 0.1) is 5.92 Å². The summed E-state index contributed by atoms with van der Waals surface area (Å²) in [4.78, 5) is 12.3. The molecule has 1 aromatic carbocycles. The highest BCUT2D eigenvalue weighted by Gasteiger charge is 2.46. The Morgan fingerprint density at radius 3 is 2.55 bits per heavy atom. The Labute approximate surface area is 124 Å². The zero-order valence-corrected chi connectivity index (χ0v) is 12.2. The topological polar surface area (TPSA) is 49.3 Å². The molecule has 0 radical (unpaired) electrons. The zero-order chi connectivity index (χ0) is 14.2. The Kier molecular flexibility index (Phi) is 3.74. The Hall–Kier alpha value is -1.06. The quantitative estimate of drug-likeness (QED) is 0.897. The molecule has 0 aliphatic heterocycles. The average molecular weight is 294 g/mol. The Balaban J connectivity index is 1.61. The van der Waals surface area contributed by atoms with Crippen LogP contribution in [0.1, 0.15) is 43.6 Å². The van der Waals surface area contributed by atoms with Gasteiger partial charge in [-0.3, -0.25) is 4.79 Å². The van der Waals surface area contributed by atoms with E-state index in [9.17, 15) is 9.90 Å². The van der Waals surface area contributed by atoms with Crippen molar-refractivity contribution in [3.63, 3.8) is 0 Å². The zero-order valence-electron chi connectivity index (χ0n) is 11.4. The van der Waals surface area contributed by atoms with E-state index < -0.39 is 0 Å². The predicted octanol–water partition coefficient (Wildman–Crippen LogP) is 2.86. The minimum absolute atomic E-state index is 0.0527. The maximum Gasteiger partial charge on any atom is 0.224 e. The molecule has 0 spiro atoms. The summed E-state index contributed by atoms with van der Waals surface area (Å²) in [6, 6.07) is 7.74. The smallest absolute Gasteiger partial charge is 0.224 e. The lowest BCUT2D eigenvalue weighted by molar-refractivity contribution is -0.124. The molecule has 3 rings (SSSR count). The first-order chi connectivity index (χ1) is 9.63. The Morgan fingerprint density at radius 2 is 1.95 bits per heavy atom. The van der Waals surface area contributed by atoms with Crippen molar-refractivity contribution in [2.75, 3.05) is 6.61 Å². The normalized spacial score (nSPS) is 27.3. The number of aliphatic hydroxyl groups is 1. The summed E-state index contributed by atoms with van der Waals surface area (Å²) in [6.45, 7) is 0.0527. The van der Waals surface area contributed by atoms with Gasteiger partial charge >= 0.3 is 0 Å². The minimum atomic E-state index is -0.357. The number of benzene rings is 1. The summed E-state index contributed by atoms with van der Waals surface area (Å²) in [5.74, 6) is 0.463. The van der Waals surface area contributed by atoms with Crippen molar-refractivity contribution < 1.29 is 9.90 Å². The summed E-state index contributed by atoms with van der Waals surface area (Å²) >= 11 is 5.88. The number of carbonyl (C=O) groups is 1. The van der Waals surface area contributed by atoms with Gasteiger partial charge in [0.2, 0.25) is 5.91 Å². The molecule has 1 aromatic rings. The molecule has 0 saturated heterocycles. The van der Waals surface area contributed by atoms with Crippen LogP contribution in [0.5, 0.6) is 0 Å². The highest BCUT2D eigenvalue weighted by molar-refractivity contribution is 6.30. The highest BCUT2D eigenvalue weighted by Crippen LogP contribution is 2.48. The van der Waals surface area contributed by atoms with Gasteiger partial charge in [-0.1, -0.05) is 36.6 Å². The summed E-state index contributed by atoms with van der Waals surface area (Å²) in [6.07, 6.45) is 4.87. The van der Waals surface area contributed by atoms with Gasteiger partial charge in [0, 0.05) is 10.9 Å². The van der Waals surface area contributed by atoms with Crippen molar-refractivity contribution in [1.82, 2.24) is 5.32 Å². The van der Waals surface area contributed by atoms with Crippen LogP contribution >= 0.6 is 11.6 Å². The van der Waals surface area contributed by atoms with E-state index in [1.54, 1.807) is 0 Å². The van der Waals surface area contributed by atoms with Crippen LogP contribution in [-0.4, -0.2) is 23.2 Å². The molecule has 0 unspecified atom stereocenters. The molecule has 0 heterocycles. The van der Waals surface area contributed by atoms with Gasteiger partial charge < -0.3 is 10.4 Å². The number of aliphatic hydroxyl groups excluding tert-OH is 1. The number of halogens is 1. The first-order valence-corrected chi connectivity index (χ1v) is 7.70. The number of hydrogen-bond acceptors (Lipinski definition) is 2. The van der Waals surface area contributed by atoms with Crippen LogP contribution in [0.3, 0.4) is 0 Å². The highest BCUT2D eigenvalue weighted by atomic mass is 35.5.